The Bertz CT molecular complexity index is 1910. The summed E-state index contributed by atoms with van der Waals surface area (Å²) in [7, 11) is 0. The molecule has 23 nitrogen and oxygen atoms in total. The number of aliphatic hydroxyl groups is 11. The Balaban J connectivity index is 1.58. The number of carboxylic acid groups (broad SMARTS) is 1. The van der Waals surface area contributed by atoms with E-state index in [1.165, 1.54) is 141 Å². The molecular formula is C69H128N2O21. The summed E-state index contributed by atoms with van der Waals surface area (Å²) < 4.78 is 34.9. The summed E-state index contributed by atoms with van der Waals surface area (Å²) in [6, 6.07) is -2.53. The third-order valence-corrected chi connectivity index (χ3v) is 18.5. The number of aliphatic hydroxyl groups excluding tert-OH is 11. The van der Waals surface area contributed by atoms with Gasteiger partial charge in [0, 0.05) is 19.8 Å². The van der Waals surface area contributed by atoms with Gasteiger partial charge in [0.15, 0.2) is 12.6 Å². The second-order valence-electron chi connectivity index (χ2n) is 26.5. The van der Waals surface area contributed by atoms with Gasteiger partial charge in [-0.05, 0) is 38.5 Å². The van der Waals surface area contributed by atoms with E-state index in [2.05, 4.69) is 36.6 Å². The van der Waals surface area contributed by atoms with Gasteiger partial charge in [-0.3, -0.25) is 9.59 Å². The van der Waals surface area contributed by atoms with Crippen molar-refractivity contribution in [1.82, 2.24) is 10.6 Å². The Morgan fingerprint density at radius 3 is 1.47 bits per heavy atom. The number of allylic oxidation sites excluding steroid dienone is 2. The van der Waals surface area contributed by atoms with Crippen molar-refractivity contribution in [3.8, 4) is 0 Å². The van der Waals surface area contributed by atoms with Crippen molar-refractivity contribution in [1.29, 1.82) is 0 Å². The van der Waals surface area contributed by atoms with Crippen LogP contribution in [0.15, 0.2) is 12.2 Å². The van der Waals surface area contributed by atoms with E-state index < -0.39 is 148 Å². The zero-order chi connectivity index (χ0) is 67.5. The van der Waals surface area contributed by atoms with Crippen LogP contribution in [-0.2, 0) is 42.8 Å². The van der Waals surface area contributed by atoms with Crippen molar-refractivity contribution in [2.45, 2.75) is 381 Å². The minimum Gasteiger partial charge on any atom is -0.477 e. The van der Waals surface area contributed by atoms with Crippen molar-refractivity contribution in [3.05, 3.63) is 12.2 Å². The number of ether oxygens (including phenoxy) is 6. The summed E-state index contributed by atoms with van der Waals surface area (Å²) >= 11 is 0. The Labute approximate surface area is 550 Å². The molecule has 0 aromatic rings. The molecule has 3 saturated heterocycles. The fourth-order valence-corrected chi connectivity index (χ4v) is 12.7. The molecule has 3 heterocycles. The zero-order valence-electron chi connectivity index (χ0n) is 56.4. The number of unbranched alkanes of at least 4 members (excludes halogenated alkanes) is 33. The second-order valence-corrected chi connectivity index (χ2v) is 26.5. The van der Waals surface area contributed by atoms with Crippen LogP contribution in [0.5, 0.6) is 0 Å². The monoisotopic (exact) mass is 1320 g/mol. The number of carboxylic acids is 1. The molecule has 3 aliphatic heterocycles. The van der Waals surface area contributed by atoms with Gasteiger partial charge in [-0.2, -0.15) is 0 Å². The summed E-state index contributed by atoms with van der Waals surface area (Å²) in [6.45, 7) is 2.22. The maximum atomic E-state index is 13.5. The topological polar surface area (TPSA) is 373 Å². The minimum atomic E-state index is -3.08. The number of rotatable bonds is 55. The molecule has 3 fully saturated rings. The Morgan fingerprint density at radius 1 is 0.554 bits per heavy atom. The van der Waals surface area contributed by atoms with E-state index in [1.807, 2.05) is 0 Å². The summed E-state index contributed by atoms with van der Waals surface area (Å²) in [6.07, 6.45) is 19.2. The summed E-state index contributed by atoms with van der Waals surface area (Å²) in [4.78, 5) is 38.6. The lowest BCUT2D eigenvalue weighted by Crippen LogP contribution is -2.70. The van der Waals surface area contributed by atoms with Gasteiger partial charge in [-0.1, -0.05) is 225 Å². The third kappa shape index (κ3) is 31.8. The second kappa shape index (κ2) is 49.9. The van der Waals surface area contributed by atoms with Gasteiger partial charge in [0.25, 0.3) is 5.79 Å². The Morgan fingerprint density at radius 2 is 1.01 bits per heavy atom. The Kier molecular flexibility index (Phi) is 45.4. The van der Waals surface area contributed by atoms with Crippen LogP contribution in [0, 0.1) is 0 Å². The molecule has 92 heavy (non-hydrogen) atoms. The maximum absolute atomic E-state index is 13.5. The first-order chi connectivity index (χ1) is 44.4. The molecule has 0 radical (unpaired) electrons. The predicted octanol–water partition coefficient (Wildman–Crippen LogP) is 7.07. The first-order valence-corrected chi connectivity index (χ1v) is 36.0. The molecule has 0 bridgehead atoms. The van der Waals surface area contributed by atoms with Gasteiger partial charge in [-0.15, -0.1) is 0 Å². The molecule has 23 heteroatoms. The fraction of sp³-hybridized carbons (Fsp3) is 0.928. The van der Waals surface area contributed by atoms with E-state index >= 15 is 0 Å². The van der Waals surface area contributed by atoms with Crippen molar-refractivity contribution >= 4 is 17.8 Å². The molecule has 18 atom stereocenters. The number of nitrogens with one attached hydrogen (secondary N) is 2. The molecule has 2 amide bonds. The highest BCUT2D eigenvalue weighted by atomic mass is 16.8. The molecule has 0 aromatic carbocycles. The molecule has 0 saturated carbocycles. The molecule has 0 aliphatic carbocycles. The number of amides is 2. The molecule has 540 valence electrons. The third-order valence-electron chi connectivity index (χ3n) is 18.5. The summed E-state index contributed by atoms with van der Waals surface area (Å²) in [5, 5.41) is 136. The van der Waals surface area contributed by atoms with Crippen molar-refractivity contribution < 1.29 is 104 Å². The van der Waals surface area contributed by atoms with Gasteiger partial charge in [0.1, 0.15) is 67.1 Å². The van der Waals surface area contributed by atoms with Crippen LogP contribution in [0.3, 0.4) is 0 Å². The van der Waals surface area contributed by atoms with Crippen LogP contribution in [-0.4, -0.2) is 215 Å². The highest BCUT2D eigenvalue weighted by Crippen LogP contribution is 2.39. The molecule has 3 aliphatic rings. The average Bonchev–Trinajstić information content (AvgIpc) is 0.767. The molecule has 18 unspecified atom stereocenters. The van der Waals surface area contributed by atoms with E-state index in [-0.39, 0.29) is 18.9 Å². The van der Waals surface area contributed by atoms with Crippen LogP contribution in [0.2, 0.25) is 0 Å². The first-order valence-electron chi connectivity index (χ1n) is 36.0. The largest absolute Gasteiger partial charge is 0.477 e. The van der Waals surface area contributed by atoms with Crippen molar-refractivity contribution in [2.75, 3.05) is 26.4 Å². The van der Waals surface area contributed by atoms with E-state index in [1.54, 1.807) is 0 Å². The standard InChI is InChI=1S/C69H128N2O21/c1-4-6-8-10-12-14-16-18-20-22-23-24-25-27-29-31-33-35-37-39-41-43-56(79)71-50(51(76)42-40-38-36-34-32-30-28-26-21-19-17-15-13-11-9-7-5-2)48-87-66-61(83)60(82)63(55(47-74)89-66)90-67-62(84)65(59(81)54(46-73)88-67)92-69(68(85)86)44-52(77)57(70-49(3)75)64(91-69)58(80)53(78)45-72/h24-25,50-55,57-67,72-74,76-78,80-84H,4-23,26-48H2,1-3H3,(H,70,75)(H,71,79)(H,85,86)/b25-24-. The lowest BCUT2D eigenvalue weighted by atomic mass is 9.88. The lowest BCUT2D eigenvalue weighted by Gasteiger charge is -2.50. The normalized spacial score (nSPS) is 28.3. The maximum Gasteiger partial charge on any atom is 0.364 e. The van der Waals surface area contributed by atoms with E-state index in [0.29, 0.717) is 19.3 Å². The molecule has 0 spiro atoms. The van der Waals surface area contributed by atoms with Crippen molar-refractivity contribution in [3.63, 3.8) is 0 Å². The molecule has 3 rings (SSSR count). The minimum absolute atomic E-state index is 0.220. The van der Waals surface area contributed by atoms with Gasteiger partial charge >= 0.3 is 5.97 Å². The number of carbonyl (C=O) groups is 3. The predicted molar refractivity (Wildman–Crippen MR) is 348 cm³/mol. The highest BCUT2D eigenvalue weighted by Gasteiger charge is 2.60. The fourth-order valence-electron chi connectivity index (χ4n) is 12.7. The van der Waals surface area contributed by atoms with Crippen LogP contribution in [0.4, 0.5) is 0 Å². The summed E-state index contributed by atoms with van der Waals surface area (Å²) in [5.41, 5.74) is 0. The number of hydrogen-bond donors (Lipinski definition) is 14. The van der Waals surface area contributed by atoms with Gasteiger partial charge in [0.05, 0.1) is 50.7 Å². The zero-order valence-corrected chi connectivity index (χ0v) is 56.4. The molecule has 14 N–H and O–H groups in total. The average molecular weight is 1320 g/mol. The SMILES string of the molecule is CCCCCCCCCCCC/C=C\CCCCCCCCCC(=O)NC(COC1OC(CO)C(OC2OC(CO)C(O)C(OC3(C(=O)O)CC(O)C(NC(C)=O)C(C(O)C(O)CO)O3)C2O)C(O)C1O)C(O)CCCCCCCCCCCCCCCCCCC. The lowest BCUT2D eigenvalue weighted by molar-refractivity contribution is -0.386. The van der Waals surface area contributed by atoms with Gasteiger partial charge in [0.2, 0.25) is 11.8 Å². The van der Waals surface area contributed by atoms with Crippen LogP contribution < -0.4 is 10.6 Å². The van der Waals surface area contributed by atoms with Crippen LogP contribution in [0.25, 0.3) is 0 Å². The van der Waals surface area contributed by atoms with E-state index in [4.69, 9.17) is 28.4 Å². The quantitative estimate of drug-likeness (QED) is 0.0214. The van der Waals surface area contributed by atoms with Gasteiger partial charge < -0.3 is 100 Å². The summed E-state index contributed by atoms with van der Waals surface area (Å²) in [5.74, 6) is -6.10. The van der Waals surface area contributed by atoms with E-state index in [0.717, 1.165) is 84.0 Å². The Hall–Kier alpha value is -2.53. The number of aliphatic carboxylic acids is 1. The van der Waals surface area contributed by atoms with Crippen molar-refractivity contribution in [2.24, 2.45) is 0 Å². The number of carbonyl (C=O) groups excluding carboxylic acids is 2. The first kappa shape index (κ1) is 83.7. The van der Waals surface area contributed by atoms with Gasteiger partial charge in [-0.25, -0.2) is 4.79 Å². The molecule has 0 aromatic heterocycles. The smallest absolute Gasteiger partial charge is 0.364 e. The van der Waals surface area contributed by atoms with E-state index in [9.17, 15) is 75.7 Å². The van der Waals surface area contributed by atoms with Crippen LogP contribution >= 0.6 is 0 Å². The molecular weight excluding hydrogens is 1190 g/mol. The van der Waals surface area contributed by atoms with Crippen LogP contribution in [0.1, 0.15) is 271 Å². The number of hydrogen-bond acceptors (Lipinski definition) is 20. The highest BCUT2D eigenvalue weighted by molar-refractivity contribution is 5.77.